The number of anilines is 1. The molecular formula is C19H25N3O. The SMILES string of the molecule is CC1(C)CN(CC(=O)Nc2cccc3ccccc23)CCC1N. The molecule has 0 saturated carbocycles. The average molecular weight is 311 g/mol. The van der Waals surface area contributed by atoms with Crippen LogP contribution in [0.5, 0.6) is 0 Å². The van der Waals surface area contributed by atoms with Gasteiger partial charge in [-0.05, 0) is 23.3 Å². The highest BCUT2D eigenvalue weighted by Gasteiger charge is 2.33. The molecule has 4 nitrogen and oxygen atoms in total. The zero-order valence-corrected chi connectivity index (χ0v) is 13.9. The van der Waals surface area contributed by atoms with Gasteiger partial charge in [-0.3, -0.25) is 9.69 Å². The first-order valence-corrected chi connectivity index (χ1v) is 8.21. The summed E-state index contributed by atoms with van der Waals surface area (Å²) >= 11 is 0. The first-order chi connectivity index (χ1) is 11.0. The molecule has 1 aliphatic heterocycles. The largest absolute Gasteiger partial charge is 0.327 e. The first-order valence-electron chi connectivity index (χ1n) is 8.21. The topological polar surface area (TPSA) is 58.4 Å². The average Bonchev–Trinajstić information content (AvgIpc) is 2.51. The van der Waals surface area contributed by atoms with Gasteiger partial charge in [-0.1, -0.05) is 50.2 Å². The van der Waals surface area contributed by atoms with E-state index < -0.39 is 0 Å². The van der Waals surface area contributed by atoms with E-state index in [0.29, 0.717) is 6.54 Å². The number of nitrogens with two attached hydrogens (primary N) is 1. The van der Waals surface area contributed by atoms with Crippen LogP contribution in [0.3, 0.4) is 0 Å². The van der Waals surface area contributed by atoms with Gasteiger partial charge < -0.3 is 11.1 Å². The Balaban J connectivity index is 1.68. The van der Waals surface area contributed by atoms with Gasteiger partial charge in [0.05, 0.1) is 6.54 Å². The molecule has 1 aliphatic rings. The van der Waals surface area contributed by atoms with Crippen LogP contribution in [0.15, 0.2) is 42.5 Å². The van der Waals surface area contributed by atoms with Crippen molar-refractivity contribution in [3.05, 3.63) is 42.5 Å². The Labute approximate surface area is 137 Å². The minimum Gasteiger partial charge on any atom is -0.327 e. The highest BCUT2D eigenvalue weighted by molar-refractivity contribution is 6.02. The predicted octanol–water partition coefficient (Wildman–Crippen LogP) is 2.84. The highest BCUT2D eigenvalue weighted by Crippen LogP contribution is 2.28. The molecule has 1 heterocycles. The maximum absolute atomic E-state index is 12.4. The number of carbonyl (C=O) groups excluding carboxylic acids is 1. The van der Waals surface area contributed by atoms with E-state index in [1.54, 1.807) is 0 Å². The Morgan fingerprint density at radius 2 is 2.00 bits per heavy atom. The lowest BCUT2D eigenvalue weighted by Crippen LogP contribution is -2.53. The third kappa shape index (κ3) is 3.54. The maximum atomic E-state index is 12.4. The molecule has 0 aliphatic carbocycles. The number of carbonyl (C=O) groups is 1. The molecule has 2 aromatic carbocycles. The summed E-state index contributed by atoms with van der Waals surface area (Å²) in [6, 6.07) is 14.3. The van der Waals surface area contributed by atoms with Crippen molar-refractivity contribution in [1.29, 1.82) is 0 Å². The number of hydrogen-bond donors (Lipinski definition) is 2. The lowest BCUT2D eigenvalue weighted by atomic mass is 9.80. The number of rotatable bonds is 3. The summed E-state index contributed by atoms with van der Waals surface area (Å²) in [6.45, 7) is 6.50. The second kappa shape index (κ2) is 6.30. The lowest BCUT2D eigenvalue weighted by molar-refractivity contribution is -0.118. The van der Waals surface area contributed by atoms with Gasteiger partial charge >= 0.3 is 0 Å². The van der Waals surface area contributed by atoms with Gasteiger partial charge in [-0.2, -0.15) is 0 Å². The van der Waals surface area contributed by atoms with Gasteiger partial charge in [0.2, 0.25) is 5.91 Å². The van der Waals surface area contributed by atoms with E-state index in [1.165, 1.54) is 0 Å². The minimum absolute atomic E-state index is 0.0348. The van der Waals surface area contributed by atoms with E-state index in [1.807, 2.05) is 30.3 Å². The number of fused-ring (bicyclic) bond motifs is 1. The second-order valence-electron chi connectivity index (χ2n) is 7.17. The fraction of sp³-hybridized carbons (Fsp3) is 0.421. The smallest absolute Gasteiger partial charge is 0.238 e. The summed E-state index contributed by atoms with van der Waals surface area (Å²) in [5, 5.41) is 5.27. The van der Waals surface area contributed by atoms with Gasteiger partial charge in [0.25, 0.3) is 0 Å². The third-order valence-corrected chi connectivity index (χ3v) is 4.82. The lowest BCUT2D eigenvalue weighted by Gasteiger charge is -2.42. The monoisotopic (exact) mass is 311 g/mol. The molecule has 1 amide bonds. The Morgan fingerprint density at radius 1 is 1.26 bits per heavy atom. The molecule has 122 valence electrons. The van der Waals surface area contributed by atoms with Crippen LogP contribution in [0.2, 0.25) is 0 Å². The molecule has 0 spiro atoms. The summed E-state index contributed by atoms with van der Waals surface area (Å²) in [5.74, 6) is 0.0348. The first kappa shape index (κ1) is 16.0. The molecule has 23 heavy (non-hydrogen) atoms. The molecule has 1 fully saturated rings. The summed E-state index contributed by atoms with van der Waals surface area (Å²) < 4.78 is 0. The van der Waals surface area contributed by atoms with E-state index in [0.717, 1.165) is 36.0 Å². The Bertz CT molecular complexity index is 705. The van der Waals surface area contributed by atoms with E-state index >= 15 is 0 Å². The van der Waals surface area contributed by atoms with Crippen molar-refractivity contribution in [1.82, 2.24) is 4.90 Å². The van der Waals surface area contributed by atoms with Crippen LogP contribution in [0.25, 0.3) is 10.8 Å². The van der Waals surface area contributed by atoms with Gasteiger partial charge in [0.15, 0.2) is 0 Å². The maximum Gasteiger partial charge on any atom is 0.238 e. The Morgan fingerprint density at radius 3 is 2.78 bits per heavy atom. The van der Waals surface area contributed by atoms with Crippen LogP contribution < -0.4 is 11.1 Å². The molecule has 3 N–H and O–H groups in total. The predicted molar refractivity (Wildman–Crippen MR) is 95.4 cm³/mol. The summed E-state index contributed by atoms with van der Waals surface area (Å²) in [4.78, 5) is 14.6. The zero-order valence-electron chi connectivity index (χ0n) is 13.9. The van der Waals surface area contributed by atoms with Crippen molar-refractivity contribution in [2.45, 2.75) is 26.3 Å². The fourth-order valence-electron chi connectivity index (χ4n) is 3.35. The summed E-state index contributed by atoms with van der Waals surface area (Å²) in [5.41, 5.74) is 7.09. The minimum atomic E-state index is 0.0348. The van der Waals surface area contributed by atoms with E-state index in [2.05, 4.69) is 36.2 Å². The third-order valence-electron chi connectivity index (χ3n) is 4.82. The van der Waals surface area contributed by atoms with Crippen molar-refractivity contribution < 1.29 is 4.79 Å². The zero-order chi connectivity index (χ0) is 16.4. The highest BCUT2D eigenvalue weighted by atomic mass is 16.2. The fourth-order valence-corrected chi connectivity index (χ4v) is 3.35. The number of nitrogens with one attached hydrogen (secondary N) is 1. The standard InChI is InChI=1S/C19H25N3O/c1-19(2)13-22(11-10-17(19)20)12-18(23)21-16-9-5-7-14-6-3-4-8-15(14)16/h3-9,17H,10-13,20H2,1-2H3,(H,21,23). The molecule has 1 saturated heterocycles. The van der Waals surface area contributed by atoms with Gasteiger partial charge in [-0.15, -0.1) is 0 Å². The number of benzene rings is 2. The van der Waals surface area contributed by atoms with Crippen LogP contribution in [-0.2, 0) is 4.79 Å². The van der Waals surface area contributed by atoms with Crippen LogP contribution in [0.4, 0.5) is 5.69 Å². The van der Waals surface area contributed by atoms with Crippen molar-refractivity contribution in [3.63, 3.8) is 0 Å². The Kier molecular flexibility index (Phi) is 4.37. The van der Waals surface area contributed by atoms with E-state index in [9.17, 15) is 4.79 Å². The number of nitrogens with zero attached hydrogens (tertiary/aromatic N) is 1. The van der Waals surface area contributed by atoms with Crippen LogP contribution >= 0.6 is 0 Å². The van der Waals surface area contributed by atoms with Crippen molar-refractivity contribution >= 4 is 22.4 Å². The van der Waals surface area contributed by atoms with Crippen LogP contribution in [-0.4, -0.2) is 36.5 Å². The molecule has 0 aromatic heterocycles. The number of amides is 1. The Hall–Kier alpha value is -1.91. The molecule has 0 radical (unpaired) electrons. The van der Waals surface area contributed by atoms with Crippen LogP contribution in [0, 0.1) is 5.41 Å². The van der Waals surface area contributed by atoms with E-state index in [-0.39, 0.29) is 17.4 Å². The molecule has 1 unspecified atom stereocenters. The van der Waals surface area contributed by atoms with Crippen LogP contribution in [0.1, 0.15) is 20.3 Å². The van der Waals surface area contributed by atoms with Gasteiger partial charge in [0.1, 0.15) is 0 Å². The number of hydrogen-bond acceptors (Lipinski definition) is 3. The van der Waals surface area contributed by atoms with Crippen molar-refractivity contribution in [3.8, 4) is 0 Å². The molecule has 3 rings (SSSR count). The summed E-state index contributed by atoms with van der Waals surface area (Å²) in [7, 11) is 0. The van der Waals surface area contributed by atoms with Gasteiger partial charge in [0, 0.05) is 30.2 Å². The van der Waals surface area contributed by atoms with Crippen molar-refractivity contribution in [2.24, 2.45) is 11.1 Å². The van der Waals surface area contributed by atoms with E-state index in [4.69, 9.17) is 5.73 Å². The summed E-state index contributed by atoms with van der Waals surface area (Å²) in [6.07, 6.45) is 0.939. The van der Waals surface area contributed by atoms with Gasteiger partial charge in [-0.25, -0.2) is 0 Å². The quantitative estimate of drug-likeness (QED) is 0.916. The molecule has 1 atom stereocenters. The second-order valence-corrected chi connectivity index (χ2v) is 7.17. The molecular weight excluding hydrogens is 286 g/mol. The number of likely N-dealkylation sites (tertiary alicyclic amines) is 1. The molecule has 2 aromatic rings. The number of piperidine rings is 1. The molecule has 4 heteroatoms. The van der Waals surface area contributed by atoms with Crippen molar-refractivity contribution in [2.75, 3.05) is 25.0 Å². The normalized spacial score (nSPS) is 21.3. The molecule has 0 bridgehead atoms.